The zero-order valence-corrected chi connectivity index (χ0v) is 17.4. The number of hydrogen-bond donors (Lipinski definition) is 0. The van der Waals surface area contributed by atoms with Gasteiger partial charge in [-0.05, 0) is 12.8 Å². The van der Waals surface area contributed by atoms with Crippen molar-refractivity contribution in [3.05, 3.63) is 57.9 Å². The summed E-state index contributed by atoms with van der Waals surface area (Å²) in [5, 5.41) is 0. The maximum atomic E-state index is 13.2. The fourth-order valence-corrected chi connectivity index (χ4v) is 3.51. The first-order valence-corrected chi connectivity index (χ1v) is 10.2. The number of unbranched alkanes of at least 4 members (excludes halogenated alkanes) is 2. The highest BCUT2D eigenvalue weighted by Gasteiger charge is 2.41. The van der Waals surface area contributed by atoms with Gasteiger partial charge in [0, 0.05) is 18.2 Å². The quantitative estimate of drug-likeness (QED) is 0.414. The Kier molecular flexibility index (Phi) is 6.50. The second-order valence-corrected chi connectivity index (χ2v) is 7.19. The largest absolute Gasteiger partial charge is 0.461 e. The lowest BCUT2D eigenvalue weighted by Crippen LogP contribution is -2.23. The molecule has 30 heavy (non-hydrogen) atoms. The lowest BCUT2D eigenvalue weighted by molar-refractivity contribution is 0.0476. The predicted molar refractivity (Wildman–Crippen MR) is 109 cm³/mol. The Bertz CT molecular complexity index is 938. The number of benzene rings is 1. The lowest BCUT2D eigenvalue weighted by Gasteiger charge is -2.15. The van der Waals surface area contributed by atoms with Gasteiger partial charge in [-0.3, -0.25) is 9.59 Å². The molecular formula is C23H25NO6. The van der Waals surface area contributed by atoms with Crippen molar-refractivity contribution in [2.24, 2.45) is 7.05 Å². The van der Waals surface area contributed by atoms with Crippen LogP contribution in [0.5, 0.6) is 0 Å². The van der Waals surface area contributed by atoms with Crippen LogP contribution in [0.2, 0.25) is 0 Å². The highest BCUT2D eigenvalue weighted by Crippen LogP contribution is 2.34. The molecule has 0 unspecified atom stereocenters. The zero-order chi connectivity index (χ0) is 21.8. The highest BCUT2D eigenvalue weighted by molar-refractivity contribution is 6.32. The molecule has 0 saturated heterocycles. The first-order chi connectivity index (χ1) is 14.4. The van der Waals surface area contributed by atoms with Crippen LogP contribution in [0.15, 0.2) is 24.3 Å². The summed E-state index contributed by atoms with van der Waals surface area (Å²) in [6, 6.07) is 6.38. The Morgan fingerprint density at radius 1 is 0.800 bits per heavy atom. The molecule has 0 saturated carbocycles. The van der Waals surface area contributed by atoms with Gasteiger partial charge in [0.1, 0.15) is 11.4 Å². The number of aromatic nitrogens is 1. The summed E-state index contributed by atoms with van der Waals surface area (Å²) in [6.45, 7) is 4.29. The molecule has 0 spiro atoms. The first kappa shape index (κ1) is 21.5. The minimum Gasteiger partial charge on any atom is -0.461 e. The average molecular weight is 411 g/mol. The number of carbonyl (C=O) groups is 4. The second-order valence-electron chi connectivity index (χ2n) is 7.19. The summed E-state index contributed by atoms with van der Waals surface area (Å²) < 4.78 is 11.9. The summed E-state index contributed by atoms with van der Waals surface area (Å²) >= 11 is 0. The Morgan fingerprint density at radius 2 is 1.20 bits per heavy atom. The van der Waals surface area contributed by atoms with E-state index in [9.17, 15) is 19.2 Å². The molecule has 3 rings (SSSR count). The smallest absolute Gasteiger partial charge is 0.355 e. The molecule has 0 bridgehead atoms. The highest BCUT2D eigenvalue weighted by atomic mass is 16.5. The van der Waals surface area contributed by atoms with Gasteiger partial charge in [-0.1, -0.05) is 51.0 Å². The molecule has 0 fully saturated rings. The van der Waals surface area contributed by atoms with Crippen molar-refractivity contribution in [3.8, 4) is 0 Å². The number of rotatable bonds is 8. The van der Waals surface area contributed by atoms with E-state index >= 15 is 0 Å². The van der Waals surface area contributed by atoms with Crippen LogP contribution in [0, 0.1) is 0 Å². The third kappa shape index (κ3) is 3.67. The van der Waals surface area contributed by atoms with Gasteiger partial charge in [0.05, 0.1) is 24.3 Å². The van der Waals surface area contributed by atoms with Crippen LogP contribution < -0.4 is 0 Å². The summed E-state index contributed by atoms with van der Waals surface area (Å²) in [5.41, 5.74) is 0.0197. The van der Waals surface area contributed by atoms with Crippen LogP contribution in [0.1, 0.15) is 92.4 Å². The van der Waals surface area contributed by atoms with Crippen molar-refractivity contribution in [1.82, 2.24) is 4.57 Å². The van der Waals surface area contributed by atoms with E-state index < -0.39 is 23.5 Å². The molecule has 7 nitrogen and oxygen atoms in total. The number of ketones is 2. The van der Waals surface area contributed by atoms with Crippen LogP contribution in [0.3, 0.4) is 0 Å². The van der Waals surface area contributed by atoms with Crippen LogP contribution in [-0.4, -0.2) is 41.3 Å². The topological polar surface area (TPSA) is 91.7 Å². The van der Waals surface area contributed by atoms with Crippen molar-refractivity contribution in [1.29, 1.82) is 0 Å². The Balaban J connectivity index is 2.15. The van der Waals surface area contributed by atoms with E-state index in [1.54, 1.807) is 12.1 Å². The van der Waals surface area contributed by atoms with Crippen molar-refractivity contribution >= 4 is 23.5 Å². The Morgan fingerprint density at radius 3 is 1.57 bits per heavy atom. The van der Waals surface area contributed by atoms with Gasteiger partial charge < -0.3 is 14.0 Å². The summed E-state index contributed by atoms with van der Waals surface area (Å²) in [7, 11) is 1.47. The maximum Gasteiger partial charge on any atom is 0.355 e. The average Bonchev–Trinajstić information content (AvgIpc) is 3.05. The number of nitrogens with zero attached hydrogens (tertiary/aromatic N) is 1. The second kappa shape index (κ2) is 9.07. The number of hydrogen-bond acceptors (Lipinski definition) is 6. The van der Waals surface area contributed by atoms with Crippen molar-refractivity contribution in [3.63, 3.8) is 0 Å². The molecule has 1 aromatic carbocycles. The van der Waals surface area contributed by atoms with E-state index in [4.69, 9.17) is 9.47 Å². The third-order valence-electron chi connectivity index (χ3n) is 5.11. The van der Waals surface area contributed by atoms with Gasteiger partial charge in [-0.15, -0.1) is 0 Å². The van der Waals surface area contributed by atoms with Crippen LogP contribution in [0.4, 0.5) is 0 Å². The minimum absolute atomic E-state index is 0.0925. The first-order valence-electron chi connectivity index (χ1n) is 10.2. The monoisotopic (exact) mass is 411 g/mol. The molecule has 0 radical (unpaired) electrons. The molecule has 0 atom stereocenters. The lowest BCUT2D eigenvalue weighted by atomic mass is 9.84. The van der Waals surface area contributed by atoms with E-state index in [1.807, 2.05) is 13.8 Å². The van der Waals surface area contributed by atoms with Crippen molar-refractivity contribution in [2.75, 3.05) is 13.2 Å². The fraction of sp³-hybridized carbons (Fsp3) is 0.391. The molecule has 0 N–H and O–H groups in total. The number of carbonyl (C=O) groups excluding carboxylic acids is 4. The summed E-state index contributed by atoms with van der Waals surface area (Å²) in [4.78, 5) is 52.1. The molecule has 1 aromatic heterocycles. The van der Waals surface area contributed by atoms with E-state index in [0.717, 1.165) is 12.8 Å². The van der Waals surface area contributed by atoms with Crippen molar-refractivity contribution < 1.29 is 28.7 Å². The van der Waals surface area contributed by atoms with Crippen LogP contribution in [0.25, 0.3) is 0 Å². The third-order valence-corrected chi connectivity index (χ3v) is 5.11. The predicted octanol–water partition coefficient (Wildman–Crippen LogP) is 3.71. The van der Waals surface area contributed by atoms with E-state index in [1.165, 1.54) is 23.7 Å². The van der Waals surface area contributed by atoms with Crippen molar-refractivity contribution in [2.45, 2.75) is 39.5 Å². The standard InChI is InChI=1S/C23H25NO6/c1-4-6-12-29-22(27)18-16-17(19(24(18)3)23(28)30-13-7-5-2)21(26)15-11-9-8-10-14(15)20(16)25/h8-11H,4-7,12-13H2,1-3H3. The molecule has 1 aliphatic rings. The number of esters is 2. The fourth-order valence-electron chi connectivity index (χ4n) is 3.51. The van der Waals surface area contributed by atoms with Gasteiger partial charge in [0.2, 0.25) is 0 Å². The molecular weight excluding hydrogens is 386 g/mol. The van der Waals surface area contributed by atoms with E-state index in [-0.39, 0.29) is 46.9 Å². The zero-order valence-electron chi connectivity index (χ0n) is 17.4. The molecule has 158 valence electrons. The van der Waals surface area contributed by atoms with Gasteiger partial charge in [0.15, 0.2) is 11.6 Å². The van der Waals surface area contributed by atoms with Gasteiger partial charge in [-0.25, -0.2) is 9.59 Å². The van der Waals surface area contributed by atoms with E-state index in [0.29, 0.717) is 12.8 Å². The minimum atomic E-state index is -0.740. The molecule has 2 aromatic rings. The van der Waals surface area contributed by atoms with Gasteiger partial charge in [-0.2, -0.15) is 0 Å². The summed E-state index contributed by atoms with van der Waals surface area (Å²) in [6.07, 6.45) is 3.00. The number of ether oxygens (including phenoxy) is 2. The maximum absolute atomic E-state index is 13.2. The molecule has 0 amide bonds. The summed E-state index contributed by atoms with van der Waals surface area (Å²) in [5.74, 6) is -2.44. The number of fused-ring (bicyclic) bond motifs is 2. The normalized spacial score (nSPS) is 12.4. The molecule has 0 aliphatic heterocycles. The van der Waals surface area contributed by atoms with E-state index in [2.05, 4.69) is 0 Å². The van der Waals surface area contributed by atoms with Gasteiger partial charge >= 0.3 is 11.9 Å². The molecule has 7 heteroatoms. The Labute approximate surface area is 175 Å². The molecule has 1 heterocycles. The SMILES string of the molecule is CCCCOC(=O)c1c2c(c(C(=O)OCCCC)n1C)C(=O)c1ccccc1C2=O. The van der Waals surface area contributed by atoms with Crippen LogP contribution >= 0.6 is 0 Å². The van der Waals surface area contributed by atoms with Gasteiger partial charge in [0.25, 0.3) is 0 Å². The Hall–Kier alpha value is -3.22. The van der Waals surface area contributed by atoms with Crippen LogP contribution in [-0.2, 0) is 16.5 Å². The molecule has 1 aliphatic carbocycles.